The largest absolute Gasteiger partial charge is 0.288 e. The maximum atomic E-state index is 13.5. The number of nitrogens with zero attached hydrogens (tertiary/aromatic N) is 4. The molecule has 0 aliphatic heterocycles. The fraction of sp³-hybridized carbons (Fsp3) is 0.0323. The topological polar surface area (TPSA) is 60.7 Å². The Balaban J connectivity index is 1.29. The van der Waals surface area contributed by atoms with Crippen molar-refractivity contribution in [2.45, 2.75) is 6.54 Å². The van der Waals surface area contributed by atoms with Crippen LogP contribution in [0.25, 0.3) is 50.7 Å². The number of para-hydroxylation sites is 3. The minimum absolute atomic E-state index is 0.139. The molecule has 0 amide bonds. The first-order valence-electron chi connectivity index (χ1n) is 11.9. The first-order valence-corrected chi connectivity index (χ1v) is 11.9. The Hall–Kier alpha value is -4.97. The lowest BCUT2D eigenvalue weighted by Crippen LogP contribution is -2.23. The van der Waals surface area contributed by atoms with Crippen molar-refractivity contribution in [2.75, 3.05) is 0 Å². The van der Waals surface area contributed by atoms with Gasteiger partial charge in [0, 0.05) is 17.7 Å². The minimum atomic E-state index is -0.337. The van der Waals surface area contributed by atoms with E-state index in [0.29, 0.717) is 28.8 Å². The average molecular weight is 485 g/mol. The van der Waals surface area contributed by atoms with Crippen LogP contribution >= 0.6 is 0 Å². The number of fused-ring (bicyclic) bond motifs is 2. The highest BCUT2D eigenvalue weighted by molar-refractivity contribution is 5.80. The highest BCUT2D eigenvalue weighted by Crippen LogP contribution is 2.22. The van der Waals surface area contributed by atoms with E-state index in [1.807, 2.05) is 78.9 Å². The highest BCUT2D eigenvalue weighted by atomic mass is 19.1. The molecule has 2 heterocycles. The molecule has 0 atom stereocenters. The van der Waals surface area contributed by atoms with Gasteiger partial charge in [-0.2, -0.15) is 0 Å². The summed E-state index contributed by atoms with van der Waals surface area (Å²) in [6, 6.07) is 29.1. The maximum Gasteiger partial charge on any atom is 0.261 e. The quantitative estimate of drug-likeness (QED) is 0.279. The zero-order valence-corrected chi connectivity index (χ0v) is 19.8. The summed E-state index contributed by atoms with van der Waals surface area (Å²) in [4.78, 5) is 27.3. The molecule has 0 fully saturated rings. The molecule has 6 rings (SSSR count). The third-order valence-electron chi connectivity index (χ3n) is 6.22. The number of rotatable bonds is 5. The highest BCUT2D eigenvalue weighted by Gasteiger charge is 2.12. The van der Waals surface area contributed by atoms with Gasteiger partial charge in [0.05, 0.1) is 33.8 Å². The van der Waals surface area contributed by atoms with E-state index in [1.165, 1.54) is 12.1 Å². The van der Waals surface area contributed by atoms with Crippen molar-refractivity contribution >= 4 is 28.0 Å². The van der Waals surface area contributed by atoms with Gasteiger partial charge in [-0.05, 0) is 54.1 Å². The summed E-state index contributed by atoms with van der Waals surface area (Å²) in [6.45, 7) is 0.321. The lowest BCUT2D eigenvalue weighted by atomic mass is 10.1. The van der Waals surface area contributed by atoms with Gasteiger partial charge in [0.25, 0.3) is 5.56 Å². The molecule has 37 heavy (non-hydrogen) atoms. The Morgan fingerprint density at radius 3 is 2.19 bits per heavy atom. The van der Waals surface area contributed by atoms with Crippen molar-refractivity contribution in [3.8, 4) is 22.6 Å². The lowest BCUT2D eigenvalue weighted by molar-refractivity contribution is 0.628. The normalized spacial score (nSPS) is 11.5. The van der Waals surface area contributed by atoms with Crippen LogP contribution in [0, 0.1) is 5.82 Å². The lowest BCUT2D eigenvalue weighted by Gasteiger charge is -2.12. The van der Waals surface area contributed by atoms with Crippen LogP contribution in [0.2, 0.25) is 0 Å². The van der Waals surface area contributed by atoms with Gasteiger partial charge in [0.15, 0.2) is 0 Å². The van der Waals surface area contributed by atoms with Crippen LogP contribution in [-0.4, -0.2) is 19.5 Å². The van der Waals surface area contributed by atoms with E-state index in [1.54, 1.807) is 29.0 Å². The zero-order chi connectivity index (χ0) is 25.2. The Morgan fingerprint density at radius 2 is 1.41 bits per heavy atom. The molecule has 0 aliphatic carbocycles. The number of aromatic nitrogens is 4. The standard InChI is InChI=1S/C31H21FN4O/c32-24-17-15-23(16-18-24)30-35-26-8-2-1-7-25(26)31(37)36(30)19-5-6-21-11-13-22(14-12-21)29-20-33-27-9-3-4-10-28(27)34-29/h1-18,20H,19H2/b6-5+. The number of halogens is 1. The van der Waals surface area contributed by atoms with Crippen molar-refractivity contribution in [1.82, 2.24) is 19.5 Å². The molecule has 0 N–H and O–H groups in total. The molecular weight excluding hydrogens is 463 g/mol. The molecule has 0 unspecified atom stereocenters. The molecule has 0 saturated carbocycles. The summed E-state index contributed by atoms with van der Waals surface area (Å²) in [7, 11) is 0. The molecule has 0 aliphatic rings. The van der Waals surface area contributed by atoms with E-state index in [4.69, 9.17) is 9.97 Å². The van der Waals surface area contributed by atoms with Crippen molar-refractivity contribution in [1.29, 1.82) is 0 Å². The molecule has 0 bridgehead atoms. The van der Waals surface area contributed by atoms with E-state index in [-0.39, 0.29) is 11.4 Å². The molecule has 6 aromatic rings. The minimum Gasteiger partial charge on any atom is -0.288 e. The Labute approximate surface area is 212 Å². The van der Waals surface area contributed by atoms with Crippen molar-refractivity contribution in [2.24, 2.45) is 0 Å². The molecule has 2 aromatic heterocycles. The first-order chi connectivity index (χ1) is 18.2. The predicted molar refractivity (Wildman–Crippen MR) is 145 cm³/mol. The van der Waals surface area contributed by atoms with Gasteiger partial charge in [-0.25, -0.2) is 14.4 Å². The molecule has 178 valence electrons. The number of hydrogen-bond acceptors (Lipinski definition) is 4. The summed E-state index contributed by atoms with van der Waals surface area (Å²) >= 11 is 0. The predicted octanol–water partition coefficient (Wildman–Crippen LogP) is 6.53. The summed E-state index contributed by atoms with van der Waals surface area (Å²) < 4.78 is 15.1. The second-order valence-electron chi connectivity index (χ2n) is 8.64. The van der Waals surface area contributed by atoms with Crippen molar-refractivity contribution in [3.05, 3.63) is 131 Å². The fourth-order valence-corrected chi connectivity index (χ4v) is 4.31. The number of benzene rings is 4. The van der Waals surface area contributed by atoms with Gasteiger partial charge < -0.3 is 0 Å². The van der Waals surface area contributed by atoms with Crippen LogP contribution in [-0.2, 0) is 6.54 Å². The van der Waals surface area contributed by atoms with E-state index < -0.39 is 0 Å². The van der Waals surface area contributed by atoms with Crippen molar-refractivity contribution < 1.29 is 4.39 Å². The monoisotopic (exact) mass is 484 g/mol. The summed E-state index contributed by atoms with van der Waals surface area (Å²) in [5.41, 5.74) is 5.65. The number of hydrogen-bond donors (Lipinski definition) is 0. The molecule has 0 radical (unpaired) electrons. The zero-order valence-electron chi connectivity index (χ0n) is 19.8. The van der Waals surface area contributed by atoms with Gasteiger partial charge in [-0.3, -0.25) is 14.3 Å². The molecule has 0 saturated heterocycles. The van der Waals surface area contributed by atoms with Gasteiger partial charge in [0.2, 0.25) is 0 Å². The van der Waals surface area contributed by atoms with Gasteiger partial charge in [-0.15, -0.1) is 0 Å². The first kappa shape index (κ1) is 22.5. The Bertz CT molecular complexity index is 1820. The fourth-order valence-electron chi connectivity index (χ4n) is 4.31. The summed E-state index contributed by atoms with van der Waals surface area (Å²) in [6.07, 6.45) is 5.67. The van der Waals surface area contributed by atoms with Crippen LogP contribution in [0.5, 0.6) is 0 Å². The molecule has 5 nitrogen and oxygen atoms in total. The third-order valence-corrected chi connectivity index (χ3v) is 6.22. The molecular formula is C31H21FN4O. The van der Waals surface area contributed by atoms with Crippen LogP contribution in [0.15, 0.2) is 114 Å². The van der Waals surface area contributed by atoms with E-state index in [9.17, 15) is 9.18 Å². The van der Waals surface area contributed by atoms with Gasteiger partial charge in [-0.1, -0.05) is 60.7 Å². The third kappa shape index (κ3) is 4.52. The Kier molecular flexibility index (Phi) is 5.83. The van der Waals surface area contributed by atoms with Crippen LogP contribution in [0.4, 0.5) is 4.39 Å². The second kappa shape index (κ2) is 9.59. The molecule has 4 aromatic carbocycles. The summed E-state index contributed by atoms with van der Waals surface area (Å²) in [5.74, 6) is 0.162. The van der Waals surface area contributed by atoms with Gasteiger partial charge in [0.1, 0.15) is 11.6 Å². The van der Waals surface area contributed by atoms with Crippen LogP contribution in [0.1, 0.15) is 5.56 Å². The van der Waals surface area contributed by atoms with E-state index in [0.717, 1.165) is 27.9 Å². The summed E-state index contributed by atoms with van der Waals surface area (Å²) in [5, 5.41) is 0.544. The molecule has 0 spiro atoms. The van der Waals surface area contributed by atoms with Crippen LogP contribution < -0.4 is 5.56 Å². The van der Waals surface area contributed by atoms with Gasteiger partial charge >= 0.3 is 0 Å². The second-order valence-corrected chi connectivity index (χ2v) is 8.64. The van der Waals surface area contributed by atoms with Crippen molar-refractivity contribution in [3.63, 3.8) is 0 Å². The number of allylic oxidation sites excluding steroid dienone is 1. The smallest absolute Gasteiger partial charge is 0.261 e. The maximum absolute atomic E-state index is 13.5. The SMILES string of the molecule is O=c1c2ccccc2nc(-c2ccc(F)cc2)n1C/C=C/c1ccc(-c2cnc3ccccc3n2)cc1. The average Bonchev–Trinajstić information content (AvgIpc) is 2.95. The van der Waals surface area contributed by atoms with E-state index >= 15 is 0 Å². The molecule has 6 heteroatoms. The Morgan fingerprint density at radius 1 is 0.730 bits per heavy atom. The van der Waals surface area contributed by atoms with Crippen LogP contribution in [0.3, 0.4) is 0 Å². The van der Waals surface area contributed by atoms with E-state index in [2.05, 4.69) is 4.98 Å².